The first-order chi connectivity index (χ1) is 6.02. The van der Waals surface area contributed by atoms with Crippen LogP contribution < -0.4 is 0 Å². The lowest BCUT2D eigenvalue weighted by Gasteiger charge is -2.17. The molecule has 13 heavy (non-hydrogen) atoms. The first-order valence-electron chi connectivity index (χ1n) is 3.74. The molecule has 0 saturated heterocycles. The van der Waals surface area contributed by atoms with Crippen molar-refractivity contribution >= 4 is 11.9 Å². The topological polar surface area (TPSA) is 87.4 Å². The highest BCUT2D eigenvalue weighted by Crippen LogP contribution is 2.26. The van der Waals surface area contributed by atoms with Gasteiger partial charge in [0.1, 0.15) is 0 Å². The van der Waals surface area contributed by atoms with Gasteiger partial charge >= 0.3 is 11.9 Å². The van der Waals surface area contributed by atoms with E-state index in [1.54, 1.807) is 13.0 Å². The molecule has 0 heterocycles. The predicted octanol–water partition coefficient (Wildman–Crippen LogP) is 0.554. The molecule has 5 heteroatoms. The maximum absolute atomic E-state index is 10.8. The molecule has 5 nitrogen and oxygen atoms in total. The number of carbonyl (C=O) groups excluding carboxylic acids is 1. The highest BCUT2D eigenvalue weighted by Gasteiger charge is 2.39. The number of carboxylic acid groups (broad SMARTS) is 1. The summed E-state index contributed by atoms with van der Waals surface area (Å²) in [6.45, 7) is 1.54. The summed E-state index contributed by atoms with van der Waals surface area (Å²) >= 11 is 0. The molecule has 1 unspecified atom stereocenters. The molecule has 0 amide bonds. The first kappa shape index (κ1) is 11.4. The third kappa shape index (κ3) is 2.44. The molecule has 0 aromatic heterocycles. The number of hydrogen-bond donors (Lipinski definition) is 1. The number of esters is 1. The summed E-state index contributed by atoms with van der Waals surface area (Å²) < 4.78 is 4.31. The normalized spacial score (nSPS) is 13.9. The Kier molecular flexibility index (Phi) is 3.92. The van der Waals surface area contributed by atoms with E-state index in [1.807, 2.05) is 0 Å². The van der Waals surface area contributed by atoms with E-state index >= 15 is 0 Å². The van der Waals surface area contributed by atoms with Gasteiger partial charge in [-0.1, -0.05) is 6.92 Å². The van der Waals surface area contributed by atoms with Crippen LogP contribution in [-0.4, -0.2) is 24.2 Å². The smallest absolute Gasteiger partial charge is 0.324 e. The number of carbonyl (C=O) groups is 2. The zero-order chi connectivity index (χ0) is 10.5. The second-order valence-corrected chi connectivity index (χ2v) is 2.61. The summed E-state index contributed by atoms with van der Waals surface area (Å²) in [5, 5.41) is 17.4. The Morgan fingerprint density at radius 3 is 2.38 bits per heavy atom. The molecule has 0 spiro atoms. The maximum atomic E-state index is 10.8. The van der Waals surface area contributed by atoms with Crippen LogP contribution in [0.1, 0.15) is 19.8 Å². The van der Waals surface area contributed by atoms with E-state index in [9.17, 15) is 9.59 Å². The fourth-order valence-corrected chi connectivity index (χ4v) is 0.837. The highest BCUT2D eigenvalue weighted by molar-refractivity contribution is 5.84. The van der Waals surface area contributed by atoms with Crippen molar-refractivity contribution < 1.29 is 19.4 Å². The number of carboxylic acids is 1. The van der Waals surface area contributed by atoms with Gasteiger partial charge in [0.15, 0.2) is 5.41 Å². The van der Waals surface area contributed by atoms with E-state index in [-0.39, 0.29) is 6.42 Å². The Hall–Kier alpha value is -1.57. The minimum absolute atomic E-state index is 0.0773. The van der Waals surface area contributed by atoms with Crippen LogP contribution in [0.5, 0.6) is 0 Å². The van der Waals surface area contributed by atoms with Crippen LogP contribution in [-0.2, 0) is 14.3 Å². The molecule has 0 bridgehead atoms. The maximum Gasteiger partial charge on any atom is 0.324 e. The average molecular weight is 185 g/mol. The number of hydrogen-bond acceptors (Lipinski definition) is 4. The van der Waals surface area contributed by atoms with E-state index in [0.29, 0.717) is 0 Å². The molecule has 1 atom stereocenters. The van der Waals surface area contributed by atoms with Crippen molar-refractivity contribution in [3.05, 3.63) is 0 Å². The van der Waals surface area contributed by atoms with Crippen LogP contribution in [0.2, 0.25) is 0 Å². The number of aliphatic carboxylic acids is 1. The van der Waals surface area contributed by atoms with Gasteiger partial charge in [-0.2, -0.15) is 5.26 Å². The lowest BCUT2D eigenvalue weighted by Crippen LogP contribution is -2.31. The highest BCUT2D eigenvalue weighted by atomic mass is 16.5. The Balaban J connectivity index is 4.71. The quantitative estimate of drug-likeness (QED) is 0.646. The van der Waals surface area contributed by atoms with Crippen LogP contribution in [0.4, 0.5) is 0 Å². The van der Waals surface area contributed by atoms with Gasteiger partial charge in [0.2, 0.25) is 0 Å². The molecular weight excluding hydrogens is 174 g/mol. The molecular formula is C8H11NO4. The van der Waals surface area contributed by atoms with Gasteiger partial charge in [0.05, 0.1) is 19.6 Å². The van der Waals surface area contributed by atoms with Gasteiger partial charge in [-0.05, 0) is 6.42 Å². The summed E-state index contributed by atoms with van der Waals surface area (Å²) in [4.78, 5) is 21.5. The van der Waals surface area contributed by atoms with Crippen molar-refractivity contribution in [1.82, 2.24) is 0 Å². The average Bonchev–Trinajstić information content (AvgIpc) is 2.13. The van der Waals surface area contributed by atoms with E-state index < -0.39 is 23.8 Å². The number of rotatable bonds is 4. The van der Waals surface area contributed by atoms with Crippen LogP contribution in [0.3, 0.4) is 0 Å². The van der Waals surface area contributed by atoms with E-state index in [1.165, 1.54) is 0 Å². The minimum Gasteiger partial charge on any atom is -0.480 e. The van der Waals surface area contributed by atoms with Gasteiger partial charge in [-0.25, -0.2) is 0 Å². The summed E-state index contributed by atoms with van der Waals surface area (Å²) in [6, 6.07) is 1.63. The van der Waals surface area contributed by atoms with Crippen LogP contribution in [0.15, 0.2) is 0 Å². The molecule has 0 aliphatic heterocycles. The van der Waals surface area contributed by atoms with Gasteiger partial charge in [0.25, 0.3) is 0 Å². The van der Waals surface area contributed by atoms with Gasteiger partial charge in [0, 0.05) is 0 Å². The molecule has 1 N–H and O–H groups in total. The zero-order valence-electron chi connectivity index (χ0n) is 7.53. The Labute approximate surface area is 75.9 Å². The summed E-state index contributed by atoms with van der Waals surface area (Å²) in [7, 11) is 1.15. The number of nitrogens with zero attached hydrogens (tertiary/aromatic N) is 1. The predicted molar refractivity (Wildman–Crippen MR) is 42.6 cm³/mol. The van der Waals surface area contributed by atoms with E-state index in [2.05, 4.69) is 4.74 Å². The van der Waals surface area contributed by atoms with Gasteiger partial charge in [-0.15, -0.1) is 0 Å². The van der Waals surface area contributed by atoms with Crippen molar-refractivity contribution in [1.29, 1.82) is 5.26 Å². The number of nitriles is 1. The van der Waals surface area contributed by atoms with Gasteiger partial charge in [-0.3, -0.25) is 9.59 Å². The van der Waals surface area contributed by atoms with Crippen molar-refractivity contribution in [2.45, 2.75) is 19.8 Å². The molecule has 0 radical (unpaired) electrons. The third-order valence-corrected chi connectivity index (χ3v) is 1.90. The van der Waals surface area contributed by atoms with E-state index in [4.69, 9.17) is 10.4 Å². The minimum atomic E-state index is -1.65. The van der Waals surface area contributed by atoms with Crippen LogP contribution >= 0.6 is 0 Å². The second-order valence-electron chi connectivity index (χ2n) is 2.61. The standard InChI is InChI=1S/C8H11NO4/c1-3-8(5-9,7(11)12)4-6(10)13-2/h3-4H2,1-2H3,(H,11,12). The fourth-order valence-electron chi connectivity index (χ4n) is 0.837. The molecule has 0 aromatic rings. The summed E-state index contributed by atoms with van der Waals surface area (Å²) in [5.41, 5.74) is -1.65. The molecule has 0 aromatic carbocycles. The number of ether oxygens (including phenoxy) is 1. The van der Waals surface area contributed by atoms with Crippen LogP contribution in [0, 0.1) is 16.7 Å². The number of methoxy groups -OCH3 is 1. The Morgan fingerprint density at radius 1 is 1.62 bits per heavy atom. The molecule has 72 valence electrons. The first-order valence-corrected chi connectivity index (χ1v) is 3.74. The molecule has 0 aliphatic carbocycles. The molecule has 0 fully saturated rings. The lowest BCUT2D eigenvalue weighted by molar-refractivity contribution is -0.153. The zero-order valence-corrected chi connectivity index (χ0v) is 7.53. The fraction of sp³-hybridized carbons (Fsp3) is 0.625. The van der Waals surface area contributed by atoms with Gasteiger partial charge < -0.3 is 9.84 Å². The van der Waals surface area contributed by atoms with Crippen LogP contribution in [0.25, 0.3) is 0 Å². The largest absolute Gasteiger partial charge is 0.480 e. The SMILES string of the molecule is CCC(C#N)(CC(=O)OC)C(=O)O. The van der Waals surface area contributed by atoms with Crippen molar-refractivity contribution in [3.63, 3.8) is 0 Å². The monoisotopic (exact) mass is 185 g/mol. The lowest BCUT2D eigenvalue weighted by atomic mass is 9.83. The Morgan fingerprint density at radius 2 is 2.15 bits per heavy atom. The molecule has 0 rings (SSSR count). The van der Waals surface area contributed by atoms with Crippen molar-refractivity contribution in [2.24, 2.45) is 5.41 Å². The van der Waals surface area contributed by atoms with E-state index in [0.717, 1.165) is 7.11 Å². The summed E-state index contributed by atoms with van der Waals surface area (Å²) in [6.07, 6.45) is -0.334. The van der Waals surface area contributed by atoms with Crippen molar-refractivity contribution in [2.75, 3.05) is 7.11 Å². The molecule has 0 aliphatic rings. The summed E-state index contributed by atoms with van der Waals surface area (Å²) in [5.74, 6) is -1.98. The van der Waals surface area contributed by atoms with Crippen molar-refractivity contribution in [3.8, 4) is 6.07 Å². The third-order valence-electron chi connectivity index (χ3n) is 1.90. The second kappa shape index (κ2) is 4.45. The Bertz CT molecular complexity index is 255. The molecule has 0 saturated carbocycles.